The lowest BCUT2D eigenvalue weighted by atomic mass is 10.2. The number of anilines is 2. The Hall–Kier alpha value is -3.32. The molecule has 0 spiro atoms. The van der Waals surface area contributed by atoms with Gasteiger partial charge in [0, 0.05) is 38.4 Å². The fourth-order valence-electron chi connectivity index (χ4n) is 3.25. The molecule has 3 aromatic rings. The Morgan fingerprint density at radius 2 is 1.58 bits per heavy atom. The van der Waals surface area contributed by atoms with E-state index in [-0.39, 0.29) is 10.8 Å². The zero-order chi connectivity index (χ0) is 22.4. The van der Waals surface area contributed by atoms with Gasteiger partial charge in [0.05, 0.1) is 10.6 Å². The highest BCUT2D eigenvalue weighted by Crippen LogP contribution is 2.25. The molecule has 3 rings (SSSR count). The third kappa shape index (κ3) is 5.24. The fourth-order valence-corrected chi connectivity index (χ4v) is 4.56. The number of aryl methyl sites for hydroxylation is 1. The molecule has 3 aromatic carbocycles. The van der Waals surface area contributed by atoms with Gasteiger partial charge in [0.2, 0.25) is 0 Å². The molecule has 0 fully saturated rings. The van der Waals surface area contributed by atoms with E-state index in [9.17, 15) is 13.2 Å². The van der Waals surface area contributed by atoms with Gasteiger partial charge >= 0.3 is 0 Å². The van der Waals surface area contributed by atoms with E-state index in [1.165, 1.54) is 23.5 Å². The molecule has 0 aliphatic heterocycles. The minimum Gasteiger partial charge on any atom is -0.373 e. The summed E-state index contributed by atoms with van der Waals surface area (Å²) in [6.45, 7) is 2.92. The normalized spacial score (nSPS) is 11.1. The average Bonchev–Trinajstić information content (AvgIpc) is 2.79. The number of para-hydroxylation sites is 2. The summed E-state index contributed by atoms with van der Waals surface area (Å²) in [6.07, 6.45) is 0. The number of carbonyl (C=O) groups is 1. The smallest absolute Gasteiger partial charge is 0.264 e. The first-order valence-electron chi connectivity index (χ1n) is 9.99. The summed E-state index contributed by atoms with van der Waals surface area (Å²) < 4.78 is 27.5. The first-order chi connectivity index (χ1) is 14.8. The average molecular weight is 438 g/mol. The van der Waals surface area contributed by atoms with Crippen molar-refractivity contribution in [1.29, 1.82) is 0 Å². The summed E-state index contributed by atoms with van der Waals surface area (Å²) in [5, 5.41) is 2.86. The third-order valence-corrected chi connectivity index (χ3v) is 6.91. The van der Waals surface area contributed by atoms with E-state index in [2.05, 4.69) is 5.32 Å². The maximum absolute atomic E-state index is 13.1. The summed E-state index contributed by atoms with van der Waals surface area (Å²) in [6, 6.07) is 23.3. The topological polar surface area (TPSA) is 69.7 Å². The second kappa shape index (κ2) is 9.66. The van der Waals surface area contributed by atoms with Crippen molar-refractivity contribution >= 4 is 27.3 Å². The first-order valence-corrected chi connectivity index (χ1v) is 11.4. The van der Waals surface area contributed by atoms with Crippen LogP contribution < -0.4 is 14.5 Å². The van der Waals surface area contributed by atoms with Crippen molar-refractivity contribution in [3.8, 4) is 0 Å². The van der Waals surface area contributed by atoms with Crippen LogP contribution in [0.4, 0.5) is 11.4 Å². The standard InChI is InChI=1S/C24H27N3O3S/c1-19-10-7-8-15-23(19)27(3)31(29,30)22-14-9-11-20(18-22)24(28)25-16-17-26(2)21-12-5-4-6-13-21/h4-15,18H,16-17H2,1-3H3,(H,25,28). The SMILES string of the molecule is Cc1ccccc1N(C)S(=O)(=O)c1cccc(C(=O)NCCN(C)c2ccccc2)c1. The van der Waals surface area contributed by atoms with Gasteiger partial charge in [-0.15, -0.1) is 0 Å². The van der Waals surface area contributed by atoms with E-state index < -0.39 is 10.0 Å². The zero-order valence-corrected chi connectivity index (χ0v) is 18.8. The minimum atomic E-state index is -3.80. The van der Waals surface area contributed by atoms with Crippen LogP contribution in [0, 0.1) is 6.92 Å². The van der Waals surface area contributed by atoms with Crippen LogP contribution in [-0.2, 0) is 10.0 Å². The van der Waals surface area contributed by atoms with Crippen molar-refractivity contribution < 1.29 is 13.2 Å². The fraction of sp³-hybridized carbons (Fsp3) is 0.208. The Balaban J connectivity index is 1.69. The Labute approximate surface area is 184 Å². The predicted octanol–water partition coefficient (Wildman–Crippen LogP) is 3.69. The van der Waals surface area contributed by atoms with Crippen LogP contribution in [0.15, 0.2) is 83.8 Å². The van der Waals surface area contributed by atoms with Crippen molar-refractivity contribution in [1.82, 2.24) is 5.32 Å². The molecule has 162 valence electrons. The third-order valence-electron chi connectivity index (χ3n) is 5.14. The number of hydrogen-bond donors (Lipinski definition) is 1. The van der Waals surface area contributed by atoms with Crippen molar-refractivity contribution in [2.75, 3.05) is 36.4 Å². The number of benzene rings is 3. The number of nitrogens with one attached hydrogen (secondary N) is 1. The Bertz CT molecular complexity index is 1150. The lowest BCUT2D eigenvalue weighted by molar-refractivity contribution is 0.0954. The number of sulfonamides is 1. The summed E-state index contributed by atoms with van der Waals surface area (Å²) in [5.41, 5.74) is 2.82. The lowest BCUT2D eigenvalue weighted by Gasteiger charge is -2.21. The molecule has 0 bridgehead atoms. The zero-order valence-electron chi connectivity index (χ0n) is 17.9. The minimum absolute atomic E-state index is 0.0762. The first kappa shape index (κ1) is 22.4. The molecule has 0 atom stereocenters. The largest absolute Gasteiger partial charge is 0.373 e. The monoisotopic (exact) mass is 437 g/mol. The molecule has 1 amide bonds. The van der Waals surface area contributed by atoms with E-state index in [1.807, 2.05) is 61.3 Å². The van der Waals surface area contributed by atoms with Crippen molar-refractivity contribution in [3.05, 3.63) is 90.0 Å². The van der Waals surface area contributed by atoms with Gasteiger partial charge in [-0.3, -0.25) is 9.10 Å². The highest BCUT2D eigenvalue weighted by atomic mass is 32.2. The van der Waals surface area contributed by atoms with Gasteiger partial charge in [-0.25, -0.2) is 8.42 Å². The van der Waals surface area contributed by atoms with E-state index in [0.717, 1.165) is 11.3 Å². The summed E-state index contributed by atoms with van der Waals surface area (Å²) in [4.78, 5) is 14.7. The molecule has 0 aromatic heterocycles. The highest BCUT2D eigenvalue weighted by Gasteiger charge is 2.23. The summed E-state index contributed by atoms with van der Waals surface area (Å²) in [5.74, 6) is -0.308. The van der Waals surface area contributed by atoms with Gasteiger partial charge in [-0.1, -0.05) is 42.5 Å². The number of carbonyl (C=O) groups excluding carboxylic acids is 1. The Morgan fingerprint density at radius 1 is 0.903 bits per heavy atom. The van der Waals surface area contributed by atoms with Gasteiger partial charge in [0.1, 0.15) is 0 Å². The Morgan fingerprint density at radius 3 is 2.29 bits per heavy atom. The van der Waals surface area contributed by atoms with Crippen molar-refractivity contribution in [3.63, 3.8) is 0 Å². The van der Waals surface area contributed by atoms with Gasteiger partial charge in [0.15, 0.2) is 0 Å². The van der Waals surface area contributed by atoms with Crippen molar-refractivity contribution in [2.45, 2.75) is 11.8 Å². The van der Waals surface area contributed by atoms with Crippen LogP contribution >= 0.6 is 0 Å². The van der Waals surface area contributed by atoms with E-state index in [4.69, 9.17) is 0 Å². The van der Waals surface area contributed by atoms with Crippen LogP contribution in [-0.4, -0.2) is 41.5 Å². The molecule has 0 heterocycles. The molecule has 0 aliphatic rings. The van der Waals surface area contributed by atoms with Crippen molar-refractivity contribution in [2.24, 2.45) is 0 Å². The number of rotatable bonds is 8. The second-order valence-corrected chi connectivity index (χ2v) is 9.27. The van der Waals surface area contributed by atoms with Crippen LogP contribution in [0.3, 0.4) is 0 Å². The molecule has 6 nitrogen and oxygen atoms in total. The van der Waals surface area contributed by atoms with E-state index >= 15 is 0 Å². The Kier molecular flexibility index (Phi) is 6.97. The van der Waals surface area contributed by atoms with E-state index in [0.29, 0.717) is 24.3 Å². The van der Waals surface area contributed by atoms with Crippen LogP contribution in [0.2, 0.25) is 0 Å². The molecular formula is C24H27N3O3S. The molecule has 0 saturated heterocycles. The van der Waals surface area contributed by atoms with E-state index in [1.54, 1.807) is 24.3 Å². The van der Waals surface area contributed by atoms with Crippen LogP contribution in [0.1, 0.15) is 15.9 Å². The molecule has 0 saturated carbocycles. The molecule has 0 radical (unpaired) electrons. The number of hydrogen-bond acceptors (Lipinski definition) is 4. The molecule has 1 N–H and O–H groups in total. The maximum atomic E-state index is 13.1. The van der Waals surface area contributed by atoms with Gasteiger partial charge in [-0.05, 0) is 48.9 Å². The summed E-state index contributed by atoms with van der Waals surface area (Å²) >= 11 is 0. The molecular weight excluding hydrogens is 410 g/mol. The quantitative estimate of drug-likeness (QED) is 0.584. The van der Waals surface area contributed by atoms with Crippen LogP contribution in [0.25, 0.3) is 0 Å². The predicted molar refractivity (Wildman–Crippen MR) is 125 cm³/mol. The van der Waals surface area contributed by atoms with Gasteiger partial charge < -0.3 is 10.2 Å². The van der Waals surface area contributed by atoms with Gasteiger partial charge in [-0.2, -0.15) is 0 Å². The second-order valence-electron chi connectivity index (χ2n) is 7.30. The van der Waals surface area contributed by atoms with Crippen LogP contribution in [0.5, 0.6) is 0 Å². The summed E-state index contributed by atoms with van der Waals surface area (Å²) in [7, 11) is -0.323. The molecule has 7 heteroatoms. The number of amides is 1. The van der Waals surface area contributed by atoms with Gasteiger partial charge in [0.25, 0.3) is 15.9 Å². The lowest BCUT2D eigenvalue weighted by Crippen LogP contribution is -2.33. The molecule has 0 unspecified atom stereocenters. The highest BCUT2D eigenvalue weighted by molar-refractivity contribution is 7.92. The molecule has 0 aliphatic carbocycles. The molecule has 31 heavy (non-hydrogen) atoms. The number of nitrogens with zero attached hydrogens (tertiary/aromatic N) is 2. The number of likely N-dealkylation sites (N-methyl/N-ethyl adjacent to an activating group) is 1. The maximum Gasteiger partial charge on any atom is 0.264 e.